The van der Waals surface area contributed by atoms with Gasteiger partial charge in [-0.1, -0.05) is 17.7 Å². The highest BCUT2D eigenvalue weighted by molar-refractivity contribution is 6.98. The Kier molecular flexibility index (Phi) is 1.96. The van der Waals surface area contributed by atoms with E-state index in [1.54, 1.807) is 13.0 Å². The number of halogens is 1. The summed E-state index contributed by atoms with van der Waals surface area (Å²) in [6.45, 7) is 1.73. The molecule has 0 aliphatic carbocycles. The normalized spacial score (nSPS) is 14.6. The van der Waals surface area contributed by atoms with E-state index >= 15 is 0 Å². The molecule has 1 aliphatic heterocycles. The van der Waals surface area contributed by atoms with Gasteiger partial charge in [-0.15, -0.1) is 0 Å². The molecule has 0 aromatic heterocycles. The molecule has 0 spiro atoms. The summed E-state index contributed by atoms with van der Waals surface area (Å²) in [5, 5.41) is 0.627. The fourth-order valence-electron chi connectivity index (χ4n) is 1.36. The minimum Gasteiger partial charge on any atom is -0.304 e. The minimum atomic E-state index is 0.0561. The second-order valence-corrected chi connectivity index (χ2v) is 3.44. The van der Waals surface area contributed by atoms with Crippen LogP contribution < -0.4 is 5.46 Å². The summed E-state index contributed by atoms with van der Waals surface area (Å²) in [7, 11) is 0.379. The van der Waals surface area contributed by atoms with Crippen LogP contribution in [0.4, 0.5) is 5.69 Å². The summed E-state index contributed by atoms with van der Waals surface area (Å²) < 4.78 is 0. The van der Waals surface area contributed by atoms with E-state index in [1.165, 1.54) is 0 Å². The first kappa shape index (κ1) is 8.51. The van der Waals surface area contributed by atoms with Crippen molar-refractivity contribution in [3.8, 4) is 0 Å². The van der Waals surface area contributed by atoms with Crippen LogP contribution in [0.5, 0.6) is 0 Å². The number of hydrogen-bond donors (Lipinski definition) is 0. The van der Waals surface area contributed by atoms with E-state index < -0.39 is 0 Å². The molecule has 0 unspecified atom stereocenters. The summed E-state index contributed by atoms with van der Waals surface area (Å²) in [6, 6.07) is 5.49. The number of carbonyl (C=O) groups excluding carboxylic acids is 1. The molecule has 1 aromatic carbocycles. The molecule has 64 valence electrons. The third-order valence-corrected chi connectivity index (χ3v) is 2.48. The zero-order valence-corrected chi connectivity index (χ0v) is 7.93. The quantitative estimate of drug-likeness (QED) is 0.563. The number of fused-ring (bicyclic) bond motifs is 1. The van der Waals surface area contributed by atoms with E-state index in [1.807, 2.05) is 12.1 Å². The largest absolute Gasteiger partial charge is 0.304 e. The second-order valence-electron chi connectivity index (χ2n) is 3.03. The fraction of sp³-hybridized carbons (Fsp3) is 0.111. The number of carbonyl (C=O) groups is 1. The van der Waals surface area contributed by atoms with Crippen molar-refractivity contribution in [3.05, 3.63) is 23.2 Å². The summed E-state index contributed by atoms with van der Waals surface area (Å²) in [6.07, 6.45) is 0. The molecular weight excluding hydrogens is 184 g/mol. The summed E-state index contributed by atoms with van der Waals surface area (Å²) in [5.41, 5.74) is 2.29. The maximum absolute atomic E-state index is 11.3. The van der Waals surface area contributed by atoms with Crippen LogP contribution in [0.2, 0.25) is 5.02 Å². The zero-order valence-electron chi connectivity index (χ0n) is 7.17. The molecule has 0 amide bonds. The van der Waals surface area contributed by atoms with Crippen molar-refractivity contribution in [1.29, 1.82) is 0 Å². The van der Waals surface area contributed by atoms with Crippen molar-refractivity contribution in [2.75, 3.05) is 0 Å². The average molecular weight is 191 g/mol. The van der Waals surface area contributed by atoms with E-state index in [0.29, 0.717) is 18.0 Å². The van der Waals surface area contributed by atoms with E-state index in [4.69, 9.17) is 11.6 Å². The highest BCUT2D eigenvalue weighted by atomic mass is 35.5. The third kappa shape index (κ3) is 1.40. The molecule has 2 nitrogen and oxygen atoms in total. The summed E-state index contributed by atoms with van der Waals surface area (Å²) >= 11 is 5.93. The van der Waals surface area contributed by atoms with Gasteiger partial charge < -0.3 is 4.79 Å². The second kappa shape index (κ2) is 3.00. The molecule has 0 saturated heterocycles. The van der Waals surface area contributed by atoms with Crippen LogP contribution in [-0.2, 0) is 4.79 Å². The van der Waals surface area contributed by atoms with Crippen LogP contribution in [0.1, 0.15) is 6.92 Å². The van der Waals surface area contributed by atoms with Crippen LogP contribution in [0, 0.1) is 0 Å². The van der Waals surface area contributed by atoms with Crippen LogP contribution >= 0.6 is 11.6 Å². The number of aliphatic imine (C=N–C) groups is 1. The minimum absolute atomic E-state index is 0.0561. The fourth-order valence-corrected chi connectivity index (χ4v) is 1.59. The average Bonchev–Trinajstić information content (AvgIpc) is 2.09. The van der Waals surface area contributed by atoms with Crippen LogP contribution in [-0.4, -0.2) is 18.7 Å². The van der Waals surface area contributed by atoms with E-state index in [0.717, 1.165) is 11.2 Å². The van der Waals surface area contributed by atoms with Gasteiger partial charge in [-0.3, -0.25) is 4.99 Å². The molecule has 2 rings (SSSR count). The molecule has 0 saturated carbocycles. The first-order valence-corrected chi connectivity index (χ1v) is 4.42. The number of benzene rings is 1. The highest BCUT2D eigenvalue weighted by Gasteiger charge is 2.20. The number of rotatable bonds is 0. The van der Waals surface area contributed by atoms with Crippen molar-refractivity contribution >= 4 is 41.4 Å². The van der Waals surface area contributed by atoms with Crippen molar-refractivity contribution in [3.63, 3.8) is 0 Å². The van der Waals surface area contributed by atoms with E-state index in [2.05, 4.69) is 4.99 Å². The number of nitrogens with zero attached hydrogens (tertiary/aromatic N) is 1. The van der Waals surface area contributed by atoms with Crippen LogP contribution in [0.25, 0.3) is 0 Å². The maximum Gasteiger partial charge on any atom is 0.251 e. The molecule has 0 bridgehead atoms. The predicted octanol–water partition coefficient (Wildman–Crippen LogP) is 1.03. The highest BCUT2D eigenvalue weighted by Crippen LogP contribution is 2.17. The molecule has 13 heavy (non-hydrogen) atoms. The van der Waals surface area contributed by atoms with Gasteiger partial charge in [0.05, 0.1) is 11.4 Å². The Morgan fingerprint density at radius 3 is 3.00 bits per heavy atom. The summed E-state index contributed by atoms with van der Waals surface area (Å²) in [4.78, 5) is 15.5. The van der Waals surface area contributed by atoms with E-state index in [-0.39, 0.29) is 5.68 Å². The van der Waals surface area contributed by atoms with Gasteiger partial charge in [-0.2, -0.15) is 0 Å². The first-order valence-electron chi connectivity index (χ1n) is 4.04. The predicted molar refractivity (Wildman–Crippen MR) is 56.0 cm³/mol. The van der Waals surface area contributed by atoms with Crippen LogP contribution in [0.15, 0.2) is 23.2 Å². The molecular formula is C9H7BClNO. The topological polar surface area (TPSA) is 29.4 Å². The molecule has 0 radical (unpaired) electrons. The van der Waals surface area contributed by atoms with Crippen LogP contribution in [0.3, 0.4) is 0 Å². The van der Waals surface area contributed by atoms with Gasteiger partial charge in [-0.25, -0.2) is 0 Å². The van der Waals surface area contributed by atoms with Gasteiger partial charge in [0.25, 0.3) is 7.28 Å². The van der Waals surface area contributed by atoms with Gasteiger partial charge >= 0.3 is 0 Å². The van der Waals surface area contributed by atoms with Gasteiger partial charge in [0, 0.05) is 5.02 Å². The Balaban J connectivity index is 2.62. The maximum atomic E-state index is 11.3. The van der Waals surface area contributed by atoms with Crippen molar-refractivity contribution in [2.24, 2.45) is 4.99 Å². The lowest BCUT2D eigenvalue weighted by molar-refractivity contribution is -0.106. The molecule has 1 aromatic rings. The smallest absolute Gasteiger partial charge is 0.251 e. The Morgan fingerprint density at radius 2 is 2.23 bits per heavy atom. The molecule has 4 heteroatoms. The molecule has 0 N–H and O–H groups in total. The molecule has 0 atom stereocenters. The van der Waals surface area contributed by atoms with Crippen molar-refractivity contribution in [1.82, 2.24) is 0 Å². The Labute approximate surface area is 81.9 Å². The Bertz CT molecular complexity index is 414. The summed E-state index contributed by atoms with van der Waals surface area (Å²) in [5.74, 6) is 0. The lowest BCUT2D eigenvalue weighted by Crippen LogP contribution is -2.33. The number of hydrogen-bond acceptors (Lipinski definition) is 2. The molecule has 0 fully saturated rings. The SMILES string of the molecule is CC1=Nc2cccc(Cl)c2BC1=O. The van der Waals surface area contributed by atoms with Gasteiger partial charge in [0.15, 0.2) is 0 Å². The van der Waals surface area contributed by atoms with Gasteiger partial charge in [0.2, 0.25) is 0 Å². The Hall–Kier alpha value is -1.09. The van der Waals surface area contributed by atoms with Gasteiger partial charge in [0.1, 0.15) is 5.68 Å². The lowest BCUT2D eigenvalue weighted by Gasteiger charge is -2.11. The van der Waals surface area contributed by atoms with Gasteiger partial charge in [-0.05, 0) is 24.5 Å². The lowest BCUT2D eigenvalue weighted by atomic mass is 9.62. The Morgan fingerprint density at radius 1 is 1.46 bits per heavy atom. The van der Waals surface area contributed by atoms with Crippen molar-refractivity contribution in [2.45, 2.75) is 6.92 Å². The van der Waals surface area contributed by atoms with Crippen molar-refractivity contribution < 1.29 is 4.79 Å². The third-order valence-electron chi connectivity index (χ3n) is 2.12. The zero-order chi connectivity index (χ0) is 9.42. The van der Waals surface area contributed by atoms with E-state index in [9.17, 15) is 4.79 Å². The molecule has 1 aliphatic rings. The standard InChI is InChI=1S/C9H7BClNO/c1-5-9(13)10-8-6(11)3-2-4-7(8)12-5/h2-4,10H,1H3. The first-order chi connectivity index (χ1) is 6.18. The molecule has 1 heterocycles. The monoisotopic (exact) mass is 191 g/mol.